The normalized spacial score (nSPS) is 9.68. The molecule has 0 aliphatic carbocycles. The van der Waals surface area contributed by atoms with E-state index in [0.717, 1.165) is 10.6 Å². The van der Waals surface area contributed by atoms with Crippen LogP contribution in [0.4, 0.5) is 5.69 Å². The third kappa shape index (κ3) is 3.33. The minimum atomic E-state index is -0.242. The summed E-state index contributed by atoms with van der Waals surface area (Å²) in [5.41, 5.74) is 1.45. The minimum Gasteiger partial charge on any atom is -0.322 e. The van der Waals surface area contributed by atoms with Crippen LogP contribution < -0.4 is 5.32 Å². The Labute approximate surface area is 115 Å². The molecule has 1 amide bonds. The Morgan fingerprint density at radius 2 is 2.00 bits per heavy atom. The molecule has 0 unspecified atom stereocenters. The fourth-order valence-electron chi connectivity index (χ4n) is 1.47. The predicted octanol–water partition coefficient (Wildman–Crippen LogP) is 2.93. The molecule has 0 saturated carbocycles. The predicted molar refractivity (Wildman–Crippen MR) is 75.1 cm³/mol. The smallest absolute Gasteiger partial charge is 0.257 e. The van der Waals surface area contributed by atoms with E-state index in [9.17, 15) is 4.79 Å². The monoisotopic (exact) mass is 269 g/mol. The Morgan fingerprint density at radius 3 is 2.53 bits per heavy atom. The fraction of sp³-hybridized carbons (Fsp3) is 0.0714. The van der Waals surface area contributed by atoms with E-state index in [1.54, 1.807) is 17.8 Å². The summed E-state index contributed by atoms with van der Waals surface area (Å²) in [5.74, 6) is -0.242. The maximum absolute atomic E-state index is 11.9. The highest BCUT2D eigenvalue weighted by molar-refractivity contribution is 7.98. The van der Waals surface area contributed by atoms with E-state index in [4.69, 9.17) is 5.26 Å². The van der Waals surface area contributed by atoms with E-state index >= 15 is 0 Å². The van der Waals surface area contributed by atoms with E-state index in [2.05, 4.69) is 10.3 Å². The van der Waals surface area contributed by atoms with Crippen LogP contribution >= 0.6 is 11.8 Å². The van der Waals surface area contributed by atoms with Gasteiger partial charge < -0.3 is 5.32 Å². The number of nitrogens with one attached hydrogen (secondary N) is 1. The summed E-state index contributed by atoms with van der Waals surface area (Å²) in [6, 6.07) is 12.6. The van der Waals surface area contributed by atoms with Crippen LogP contribution in [0.5, 0.6) is 0 Å². The van der Waals surface area contributed by atoms with Crippen LogP contribution in [-0.4, -0.2) is 17.1 Å². The van der Waals surface area contributed by atoms with Gasteiger partial charge >= 0.3 is 0 Å². The van der Waals surface area contributed by atoms with Crippen LogP contribution in [0.1, 0.15) is 16.1 Å². The van der Waals surface area contributed by atoms with Crippen LogP contribution in [-0.2, 0) is 0 Å². The Morgan fingerprint density at radius 1 is 1.26 bits per heavy atom. The number of thioether (sulfide) groups is 1. The molecule has 19 heavy (non-hydrogen) atoms. The van der Waals surface area contributed by atoms with Gasteiger partial charge in [0, 0.05) is 16.8 Å². The van der Waals surface area contributed by atoms with Gasteiger partial charge in [-0.05, 0) is 42.7 Å². The van der Waals surface area contributed by atoms with Crippen LogP contribution in [0.3, 0.4) is 0 Å². The molecule has 1 aromatic carbocycles. The molecule has 1 N–H and O–H groups in total. The Balaban J connectivity index is 2.09. The molecule has 2 aromatic rings. The third-order valence-electron chi connectivity index (χ3n) is 2.49. The van der Waals surface area contributed by atoms with Gasteiger partial charge in [0.05, 0.1) is 5.56 Å². The van der Waals surface area contributed by atoms with Gasteiger partial charge in [0.2, 0.25) is 0 Å². The van der Waals surface area contributed by atoms with Crippen molar-refractivity contribution < 1.29 is 4.79 Å². The molecule has 94 valence electrons. The molecule has 2 rings (SSSR count). The number of nitrogens with zero attached hydrogens (tertiary/aromatic N) is 2. The quantitative estimate of drug-likeness (QED) is 0.870. The molecule has 0 radical (unpaired) electrons. The molecule has 5 heteroatoms. The molecule has 4 nitrogen and oxygen atoms in total. The molecular weight excluding hydrogens is 258 g/mol. The number of aromatic nitrogens is 1. The number of nitriles is 1. The molecule has 0 aliphatic heterocycles. The maximum atomic E-state index is 11.9. The first-order valence-corrected chi connectivity index (χ1v) is 6.77. The molecule has 0 spiro atoms. The molecule has 0 atom stereocenters. The lowest BCUT2D eigenvalue weighted by Crippen LogP contribution is -2.12. The molecule has 0 fully saturated rings. The molecular formula is C14H11N3OS. The summed E-state index contributed by atoms with van der Waals surface area (Å²) in [5, 5.41) is 11.4. The van der Waals surface area contributed by atoms with E-state index in [1.807, 2.05) is 36.6 Å². The zero-order valence-corrected chi connectivity index (χ0v) is 11.1. The lowest BCUT2D eigenvalue weighted by Gasteiger charge is -2.05. The summed E-state index contributed by atoms with van der Waals surface area (Å²) in [7, 11) is 0. The summed E-state index contributed by atoms with van der Waals surface area (Å²) < 4.78 is 0. The number of amides is 1. The van der Waals surface area contributed by atoms with Gasteiger partial charge in [0.25, 0.3) is 5.91 Å². The highest BCUT2D eigenvalue weighted by atomic mass is 32.2. The molecule has 0 bridgehead atoms. The number of anilines is 1. The van der Waals surface area contributed by atoms with Crippen LogP contribution in [0, 0.1) is 11.3 Å². The number of hydrogen-bond donors (Lipinski definition) is 1. The van der Waals surface area contributed by atoms with Crippen molar-refractivity contribution in [1.82, 2.24) is 4.98 Å². The number of pyridine rings is 1. The van der Waals surface area contributed by atoms with Gasteiger partial charge in [0.1, 0.15) is 11.8 Å². The van der Waals surface area contributed by atoms with Crippen molar-refractivity contribution in [2.75, 3.05) is 11.6 Å². The number of rotatable bonds is 3. The second kappa shape index (κ2) is 6.03. The van der Waals surface area contributed by atoms with E-state index in [0.29, 0.717) is 11.3 Å². The number of benzene rings is 1. The van der Waals surface area contributed by atoms with Crippen molar-refractivity contribution in [3.05, 3.63) is 53.9 Å². The fourth-order valence-corrected chi connectivity index (χ4v) is 1.88. The molecule has 1 heterocycles. The lowest BCUT2D eigenvalue weighted by atomic mass is 10.2. The number of carbonyl (C=O) groups excluding carboxylic acids is 1. The van der Waals surface area contributed by atoms with E-state index in [1.165, 1.54) is 12.3 Å². The molecule has 1 aromatic heterocycles. The average molecular weight is 269 g/mol. The van der Waals surface area contributed by atoms with Gasteiger partial charge in [-0.3, -0.25) is 4.79 Å². The number of carbonyl (C=O) groups is 1. The SMILES string of the molecule is CSc1ccc(NC(=O)c2ccc(C#N)nc2)cc1. The first-order valence-electron chi connectivity index (χ1n) is 5.54. The van der Waals surface area contributed by atoms with Crippen molar-refractivity contribution in [3.63, 3.8) is 0 Å². The zero-order chi connectivity index (χ0) is 13.7. The van der Waals surface area contributed by atoms with Crippen LogP contribution in [0.15, 0.2) is 47.5 Å². The average Bonchev–Trinajstić information content (AvgIpc) is 2.48. The summed E-state index contributed by atoms with van der Waals surface area (Å²) >= 11 is 1.64. The van der Waals surface area contributed by atoms with Gasteiger partial charge in [0.15, 0.2) is 0 Å². The third-order valence-corrected chi connectivity index (χ3v) is 3.23. The van der Waals surface area contributed by atoms with Crippen LogP contribution in [0.25, 0.3) is 0 Å². The first kappa shape index (κ1) is 13.1. The van der Waals surface area contributed by atoms with Gasteiger partial charge in [-0.25, -0.2) is 4.98 Å². The standard InChI is InChI=1S/C14H11N3OS/c1-19-13-6-4-11(5-7-13)17-14(18)10-2-3-12(8-15)16-9-10/h2-7,9H,1H3,(H,17,18). The van der Waals surface area contributed by atoms with Gasteiger partial charge in [-0.15, -0.1) is 11.8 Å². The second-order valence-corrected chi connectivity index (χ2v) is 4.61. The second-order valence-electron chi connectivity index (χ2n) is 3.73. The summed E-state index contributed by atoms with van der Waals surface area (Å²) in [6.45, 7) is 0. The molecule has 0 aliphatic rings. The van der Waals surface area contributed by atoms with Crippen molar-refractivity contribution in [1.29, 1.82) is 5.26 Å². The van der Waals surface area contributed by atoms with Crippen molar-refractivity contribution >= 4 is 23.4 Å². The molecule has 0 saturated heterocycles. The minimum absolute atomic E-state index is 0.242. The first-order chi connectivity index (χ1) is 9.22. The van der Waals surface area contributed by atoms with Crippen molar-refractivity contribution in [2.45, 2.75) is 4.90 Å². The highest BCUT2D eigenvalue weighted by Crippen LogP contribution is 2.17. The van der Waals surface area contributed by atoms with Gasteiger partial charge in [-0.2, -0.15) is 5.26 Å². The topological polar surface area (TPSA) is 65.8 Å². The zero-order valence-electron chi connectivity index (χ0n) is 10.3. The van der Waals surface area contributed by atoms with Crippen molar-refractivity contribution in [3.8, 4) is 6.07 Å². The van der Waals surface area contributed by atoms with E-state index < -0.39 is 0 Å². The largest absolute Gasteiger partial charge is 0.322 e. The lowest BCUT2D eigenvalue weighted by molar-refractivity contribution is 0.102. The highest BCUT2D eigenvalue weighted by Gasteiger charge is 2.06. The van der Waals surface area contributed by atoms with Crippen molar-refractivity contribution in [2.24, 2.45) is 0 Å². The van der Waals surface area contributed by atoms with Gasteiger partial charge in [-0.1, -0.05) is 0 Å². The Kier molecular flexibility index (Phi) is 4.16. The van der Waals surface area contributed by atoms with E-state index in [-0.39, 0.29) is 5.91 Å². The summed E-state index contributed by atoms with van der Waals surface area (Å²) in [6.07, 6.45) is 3.39. The maximum Gasteiger partial charge on any atom is 0.257 e. The Bertz CT molecular complexity index is 615. The van der Waals surface area contributed by atoms with Crippen LogP contribution in [0.2, 0.25) is 0 Å². The Hall–Kier alpha value is -2.32. The number of hydrogen-bond acceptors (Lipinski definition) is 4. The summed E-state index contributed by atoms with van der Waals surface area (Å²) in [4.78, 5) is 16.9.